The predicted molar refractivity (Wildman–Crippen MR) is 78.9 cm³/mol. The standard InChI is InChI=1S/C15H9Cl2NO/c16-12-7-15(19)13(17)6-11(12)10-5-9-3-1-2-4-14(9)18-8-10/h1-8,19H. The molecule has 1 N–H and O–H groups in total. The maximum Gasteiger partial charge on any atom is 0.135 e. The Hall–Kier alpha value is -1.77. The fourth-order valence-corrected chi connectivity index (χ4v) is 2.41. The number of aromatic hydroxyl groups is 1. The minimum absolute atomic E-state index is 0.0239. The lowest BCUT2D eigenvalue weighted by Gasteiger charge is -2.07. The minimum atomic E-state index is -0.0239. The molecule has 4 heteroatoms. The Labute approximate surface area is 120 Å². The molecular weight excluding hydrogens is 281 g/mol. The molecule has 0 fully saturated rings. The van der Waals surface area contributed by atoms with Gasteiger partial charge in [0, 0.05) is 28.8 Å². The molecule has 0 saturated carbocycles. The van der Waals surface area contributed by atoms with Crippen molar-refractivity contribution in [3.8, 4) is 16.9 Å². The van der Waals surface area contributed by atoms with Gasteiger partial charge in [-0.3, -0.25) is 4.98 Å². The summed E-state index contributed by atoms with van der Waals surface area (Å²) >= 11 is 12.1. The van der Waals surface area contributed by atoms with Crippen LogP contribution in [0.15, 0.2) is 48.7 Å². The number of hydrogen-bond acceptors (Lipinski definition) is 2. The summed E-state index contributed by atoms with van der Waals surface area (Å²) < 4.78 is 0. The van der Waals surface area contributed by atoms with E-state index in [1.54, 1.807) is 12.3 Å². The zero-order chi connectivity index (χ0) is 13.4. The molecule has 0 aliphatic rings. The molecule has 2 nitrogen and oxygen atoms in total. The molecule has 3 aromatic rings. The Balaban J connectivity index is 2.21. The van der Waals surface area contributed by atoms with E-state index in [4.69, 9.17) is 23.2 Å². The van der Waals surface area contributed by atoms with Crippen molar-refractivity contribution >= 4 is 34.1 Å². The second kappa shape index (κ2) is 4.72. The average molecular weight is 290 g/mol. The van der Waals surface area contributed by atoms with Gasteiger partial charge in [-0.15, -0.1) is 0 Å². The summed E-state index contributed by atoms with van der Waals surface area (Å²) in [5.74, 6) is -0.0239. The molecule has 0 amide bonds. The SMILES string of the molecule is Oc1cc(Cl)c(-c2cnc3ccccc3c2)cc1Cl. The van der Waals surface area contributed by atoms with Crippen LogP contribution in [0.25, 0.3) is 22.0 Å². The number of phenolic OH excluding ortho intramolecular Hbond substituents is 1. The van der Waals surface area contributed by atoms with Crippen molar-refractivity contribution in [1.29, 1.82) is 0 Å². The molecule has 0 aliphatic carbocycles. The first-order valence-corrected chi connectivity index (χ1v) is 6.44. The van der Waals surface area contributed by atoms with Gasteiger partial charge in [-0.25, -0.2) is 0 Å². The molecule has 0 spiro atoms. The fraction of sp³-hybridized carbons (Fsp3) is 0. The quantitative estimate of drug-likeness (QED) is 0.690. The number of benzene rings is 2. The molecule has 0 radical (unpaired) electrons. The third-order valence-electron chi connectivity index (χ3n) is 2.94. The third-order valence-corrected chi connectivity index (χ3v) is 3.55. The monoisotopic (exact) mass is 289 g/mol. The van der Waals surface area contributed by atoms with Crippen molar-refractivity contribution < 1.29 is 5.11 Å². The normalized spacial score (nSPS) is 10.8. The molecular formula is C15H9Cl2NO. The Morgan fingerprint density at radius 2 is 1.74 bits per heavy atom. The highest BCUT2D eigenvalue weighted by Gasteiger charge is 2.09. The van der Waals surface area contributed by atoms with Crippen LogP contribution in [0.4, 0.5) is 0 Å². The van der Waals surface area contributed by atoms with Crippen LogP contribution in [0.3, 0.4) is 0 Å². The smallest absolute Gasteiger partial charge is 0.135 e. The maximum atomic E-state index is 9.51. The van der Waals surface area contributed by atoms with E-state index in [9.17, 15) is 5.11 Å². The largest absolute Gasteiger partial charge is 0.506 e. The van der Waals surface area contributed by atoms with Gasteiger partial charge in [0.1, 0.15) is 5.75 Å². The third kappa shape index (κ3) is 2.25. The van der Waals surface area contributed by atoms with Gasteiger partial charge in [-0.2, -0.15) is 0 Å². The number of hydrogen-bond donors (Lipinski definition) is 1. The van der Waals surface area contributed by atoms with Gasteiger partial charge >= 0.3 is 0 Å². The molecule has 94 valence electrons. The van der Waals surface area contributed by atoms with Gasteiger partial charge in [0.15, 0.2) is 0 Å². The molecule has 0 unspecified atom stereocenters. The maximum absolute atomic E-state index is 9.51. The zero-order valence-electron chi connectivity index (χ0n) is 9.77. The number of rotatable bonds is 1. The fourth-order valence-electron chi connectivity index (χ4n) is 1.98. The van der Waals surface area contributed by atoms with Gasteiger partial charge in [0.05, 0.1) is 15.6 Å². The van der Waals surface area contributed by atoms with Crippen molar-refractivity contribution in [2.24, 2.45) is 0 Å². The van der Waals surface area contributed by atoms with Crippen LogP contribution in [0.5, 0.6) is 5.75 Å². The molecule has 0 bridgehead atoms. The van der Waals surface area contributed by atoms with Crippen LogP contribution in [0.2, 0.25) is 10.0 Å². The van der Waals surface area contributed by atoms with Gasteiger partial charge in [0.2, 0.25) is 0 Å². The first-order valence-electron chi connectivity index (χ1n) is 5.68. The highest BCUT2D eigenvalue weighted by atomic mass is 35.5. The van der Waals surface area contributed by atoms with Crippen LogP contribution >= 0.6 is 23.2 Å². The lowest BCUT2D eigenvalue weighted by Crippen LogP contribution is -1.84. The summed E-state index contributed by atoms with van der Waals surface area (Å²) in [4.78, 5) is 4.39. The van der Waals surface area contributed by atoms with E-state index in [0.717, 1.165) is 22.0 Å². The molecule has 1 aromatic heterocycles. The number of nitrogens with zero attached hydrogens (tertiary/aromatic N) is 1. The van der Waals surface area contributed by atoms with E-state index in [0.29, 0.717) is 5.02 Å². The highest BCUT2D eigenvalue weighted by Crippen LogP contribution is 2.36. The summed E-state index contributed by atoms with van der Waals surface area (Å²) in [5.41, 5.74) is 2.54. The number of aromatic nitrogens is 1. The van der Waals surface area contributed by atoms with Crippen LogP contribution in [-0.4, -0.2) is 10.1 Å². The van der Waals surface area contributed by atoms with E-state index < -0.39 is 0 Å². The summed E-state index contributed by atoms with van der Waals surface area (Å²) in [6, 6.07) is 12.9. The first kappa shape index (κ1) is 12.3. The van der Waals surface area contributed by atoms with E-state index >= 15 is 0 Å². The molecule has 2 aromatic carbocycles. The van der Waals surface area contributed by atoms with Crippen LogP contribution in [0, 0.1) is 0 Å². The topological polar surface area (TPSA) is 33.1 Å². The molecule has 1 heterocycles. The Morgan fingerprint density at radius 1 is 0.947 bits per heavy atom. The lowest BCUT2D eigenvalue weighted by molar-refractivity contribution is 0.475. The average Bonchev–Trinajstić information content (AvgIpc) is 2.42. The summed E-state index contributed by atoms with van der Waals surface area (Å²) in [6.07, 6.45) is 1.75. The van der Waals surface area contributed by atoms with Crippen molar-refractivity contribution in [1.82, 2.24) is 4.98 Å². The van der Waals surface area contributed by atoms with Crippen LogP contribution in [0.1, 0.15) is 0 Å². The number of phenols is 1. The summed E-state index contributed by atoms with van der Waals surface area (Å²) in [7, 11) is 0. The number of pyridine rings is 1. The van der Waals surface area contributed by atoms with Crippen molar-refractivity contribution in [3.05, 3.63) is 58.7 Å². The zero-order valence-corrected chi connectivity index (χ0v) is 11.3. The molecule has 0 atom stereocenters. The molecule has 3 rings (SSSR count). The summed E-state index contributed by atoms with van der Waals surface area (Å²) in [5, 5.41) is 11.3. The molecule has 0 saturated heterocycles. The van der Waals surface area contributed by atoms with Gasteiger partial charge < -0.3 is 5.11 Å². The van der Waals surface area contributed by atoms with E-state index in [1.165, 1.54) is 6.07 Å². The Bertz CT molecular complexity index is 771. The van der Waals surface area contributed by atoms with Crippen molar-refractivity contribution in [3.63, 3.8) is 0 Å². The van der Waals surface area contributed by atoms with Crippen LogP contribution in [-0.2, 0) is 0 Å². The minimum Gasteiger partial charge on any atom is -0.506 e. The van der Waals surface area contributed by atoms with Crippen LogP contribution < -0.4 is 0 Å². The number of halogens is 2. The molecule has 19 heavy (non-hydrogen) atoms. The highest BCUT2D eigenvalue weighted by molar-refractivity contribution is 6.36. The second-order valence-electron chi connectivity index (χ2n) is 4.20. The number of para-hydroxylation sites is 1. The van der Waals surface area contributed by atoms with Gasteiger partial charge in [-0.05, 0) is 18.2 Å². The number of fused-ring (bicyclic) bond motifs is 1. The Kier molecular flexibility index (Phi) is 3.05. The van der Waals surface area contributed by atoms with Gasteiger partial charge in [-0.1, -0.05) is 41.4 Å². The van der Waals surface area contributed by atoms with Crippen molar-refractivity contribution in [2.75, 3.05) is 0 Å². The van der Waals surface area contributed by atoms with E-state index in [1.807, 2.05) is 30.3 Å². The summed E-state index contributed by atoms with van der Waals surface area (Å²) in [6.45, 7) is 0. The van der Waals surface area contributed by atoms with Gasteiger partial charge in [0.25, 0.3) is 0 Å². The Morgan fingerprint density at radius 3 is 2.58 bits per heavy atom. The van der Waals surface area contributed by atoms with E-state index in [2.05, 4.69) is 4.98 Å². The first-order chi connectivity index (χ1) is 9.15. The van der Waals surface area contributed by atoms with Crippen molar-refractivity contribution in [2.45, 2.75) is 0 Å². The molecule has 0 aliphatic heterocycles. The lowest BCUT2D eigenvalue weighted by atomic mass is 10.1. The van der Waals surface area contributed by atoms with E-state index in [-0.39, 0.29) is 10.8 Å². The second-order valence-corrected chi connectivity index (χ2v) is 5.01. The predicted octanol–water partition coefficient (Wildman–Crippen LogP) is 4.91.